The summed E-state index contributed by atoms with van der Waals surface area (Å²) < 4.78 is 1.35. The Hall–Kier alpha value is -2.49. The van der Waals surface area contributed by atoms with Crippen LogP contribution in [0.25, 0.3) is 0 Å². The first-order chi connectivity index (χ1) is 9.65. The first-order valence-corrected chi connectivity index (χ1v) is 6.61. The Morgan fingerprint density at radius 3 is 2.90 bits per heavy atom. The van der Waals surface area contributed by atoms with Crippen LogP contribution in [0.5, 0.6) is 0 Å². The van der Waals surface area contributed by atoms with Gasteiger partial charge in [0, 0.05) is 11.9 Å². The van der Waals surface area contributed by atoms with Crippen LogP contribution in [0.3, 0.4) is 0 Å². The number of urea groups is 1. The van der Waals surface area contributed by atoms with Gasteiger partial charge in [-0.15, -0.1) is 16.4 Å². The van der Waals surface area contributed by atoms with Crippen molar-refractivity contribution in [3.05, 3.63) is 28.5 Å². The smallest absolute Gasteiger partial charge is 0.358 e. The van der Waals surface area contributed by atoms with Crippen LogP contribution in [0.2, 0.25) is 0 Å². The SMILES string of the molecule is O=C(NCCn1cc(C(=O)O)nn1)NCc1cscn1. The lowest BCUT2D eigenvalue weighted by atomic mass is 10.5. The van der Waals surface area contributed by atoms with Gasteiger partial charge in [-0.1, -0.05) is 5.21 Å². The van der Waals surface area contributed by atoms with Crippen molar-refractivity contribution in [3.8, 4) is 0 Å². The number of aromatic nitrogens is 4. The van der Waals surface area contributed by atoms with E-state index in [1.54, 1.807) is 5.51 Å². The molecule has 0 aliphatic carbocycles. The molecule has 10 heteroatoms. The highest BCUT2D eigenvalue weighted by Crippen LogP contribution is 1.99. The number of nitrogens with one attached hydrogen (secondary N) is 2. The molecule has 0 aromatic carbocycles. The van der Waals surface area contributed by atoms with E-state index in [0.717, 1.165) is 5.69 Å². The topological polar surface area (TPSA) is 122 Å². The molecule has 0 aliphatic heterocycles. The van der Waals surface area contributed by atoms with Gasteiger partial charge in [-0.3, -0.25) is 0 Å². The average Bonchev–Trinajstić information content (AvgIpc) is 3.07. The predicted octanol–water partition coefficient (Wildman–Crippen LogP) is -0.0678. The highest BCUT2D eigenvalue weighted by Gasteiger charge is 2.08. The third-order valence-electron chi connectivity index (χ3n) is 2.30. The van der Waals surface area contributed by atoms with Crippen LogP contribution in [0.15, 0.2) is 17.1 Å². The largest absolute Gasteiger partial charge is 0.476 e. The number of nitrogens with zero attached hydrogens (tertiary/aromatic N) is 4. The zero-order valence-corrected chi connectivity index (χ0v) is 11.1. The summed E-state index contributed by atoms with van der Waals surface area (Å²) in [4.78, 5) is 26.1. The number of thiazole rings is 1. The molecule has 0 atom stereocenters. The number of carbonyl (C=O) groups is 2. The molecule has 0 saturated carbocycles. The standard InChI is InChI=1S/C10H12N6O3S/c17-9(18)8-4-16(15-14-8)2-1-11-10(19)12-3-7-5-20-6-13-7/h4-6H,1-3H2,(H,17,18)(H2,11,12,19). The summed E-state index contributed by atoms with van der Waals surface area (Å²) >= 11 is 1.46. The summed E-state index contributed by atoms with van der Waals surface area (Å²) in [5.74, 6) is -1.13. The highest BCUT2D eigenvalue weighted by atomic mass is 32.1. The molecule has 20 heavy (non-hydrogen) atoms. The van der Waals surface area contributed by atoms with Crippen LogP contribution in [-0.2, 0) is 13.1 Å². The van der Waals surface area contributed by atoms with Gasteiger partial charge in [-0.25, -0.2) is 19.3 Å². The van der Waals surface area contributed by atoms with E-state index in [0.29, 0.717) is 19.6 Å². The van der Waals surface area contributed by atoms with Gasteiger partial charge in [0.1, 0.15) is 0 Å². The molecule has 2 aromatic heterocycles. The maximum atomic E-state index is 11.5. The van der Waals surface area contributed by atoms with Crippen LogP contribution in [-0.4, -0.2) is 43.6 Å². The Labute approximate surface area is 117 Å². The van der Waals surface area contributed by atoms with Crippen LogP contribution >= 0.6 is 11.3 Å². The van der Waals surface area contributed by atoms with Crippen LogP contribution in [0, 0.1) is 0 Å². The molecular formula is C10H12N6O3S. The summed E-state index contributed by atoms with van der Waals surface area (Å²) in [6.07, 6.45) is 1.30. The van der Waals surface area contributed by atoms with Crippen molar-refractivity contribution in [1.82, 2.24) is 30.6 Å². The lowest BCUT2D eigenvalue weighted by Crippen LogP contribution is -2.36. The maximum Gasteiger partial charge on any atom is 0.358 e. The number of amides is 2. The molecule has 0 saturated heterocycles. The molecule has 0 aliphatic rings. The van der Waals surface area contributed by atoms with Crippen LogP contribution in [0.4, 0.5) is 4.79 Å². The fraction of sp³-hybridized carbons (Fsp3) is 0.300. The number of carbonyl (C=O) groups excluding carboxylic acids is 1. The van der Waals surface area contributed by atoms with Gasteiger partial charge in [-0.05, 0) is 0 Å². The van der Waals surface area contributed by atoms with E-state index in [9.17, 15) is 9.59 Å². The van der Waals surface area contributed by atoms with Crippen molar-refractivity contribution < 1.29 is 14.7 Å². The van der Waals surface area contributed by atoms with Crippen molar-refractivity contribution in [2.75, 3.05) is 6.54 Å². The van der Waals surface area contributed by atoms with Gasteiger partial charge < -0.3 is 15.7 Å². The molecule has 2 aromatic rings. The molecule has 0 unspecified atom stereocenters. The monoisotopic (exact) mass is 296 g/mol. The minimum atomic E-state index is -1.13. The van der Waals surface area contributed by atoms with E-state index in [1.807, 2.05) is 5.38 Å². The molecule has 9 nitrogen and oxygen atoms in total. The number of carboxylic acids is 1. The van der Waals surface area contributed by atoms with Gasteiger partial charge >= 0.3 is 12.0 Å². The first kappa shape index (κ1) is 13.9. The van der Waals surface area contributed by atoms with E-state index < -0.39 is 5.97 Å². The molecule has 0 bridgehead atoms. The fourth-order valence-electron chi connectivity index (χ4n) is 1.35. The minimum absolute atomic E-state index is 0.127. The third kappa shape index (κ3) is 4.02. The molecule has 0 spiro atoms. The van der Waals surface area contributed by atoms with Crippen LogP contribution < -0.4 is 10.6 Å². The van der Waals surface area contributed by atoms with E-state index in [-0.39, 0.29) is 11.7 Å². The zero-order valence-electron chi connectivity index (χ0n) is 10.3. The highest BCUT2D eigenvalue weighted by molar-refractivity contribution is 7.07. The molecule has 0 fully saturated rings. The minimum Gasteiger partial charge on any atom is -0.476 e. The molecule has 106 valence electrons. The predicted molar refractivity (Wildman–Crippen MR) is 69.3 cm³/mol. The quantitative estimate of drug-likeness (QED) is 0.686. The fourth-order valence-corrected chi connectivity index (χ4v) is 1.91. The molecule has 2 amide bonds. The second-order valence-electron chi connectivity index (χ2n) is 3.76. The van der Waals surface area contributed by atoms with Gasteiger partial charge in [0.25, 0.3) is 0 Å². The van der Waals surface area contributed by atoms with Gasteiger partial charge in [0.2, 0.25) is 0 Å². The Kier molecular flexibility index (Phi) is 4.60. The molecule has 3 N–H and O–H groups in total. The number of aromatic carboxylic acids is 1. The van der Waals surface area contributed by atoms with E-state index >= 15 is 0 Å². The van der Waals surface area contributed by atoms with Crippen LogP contribution in [0.1, 0.15) is 16.2 Å². The van der Waals surface area contributed by atoms with E-state index in [1.165, 1.54) is 22.2 Å². The summed E-state index contributed by atoms with van der Waals surface area (Å²) in [6, 6.07) is -0.323. The molecule has 0 radical (unpaired) electrons. The first-order valence-electron chi connectivity index (χ1n) is 5.67. The van der Waals surface area contributed by atoms with Crippen molar-refractivity contribution >= 4 is 23.3 Å². The van der Waals surface area contributed by atoms with Crippen molar-refractivity contribution in [2.45, 2.75) is 13.1 Å². The molecular weight excluding hydrogens is 284 g/mol. The number of hydrogen-bond acceptors (Lipinski definition) is 6. The molecule has 2 rings (SSSR count). The Balaban J connectivity index is 1.67. The second kappa shape index (κ2) is 6.61. The zero-order chi connectivity index (χ0) is 14.4. The third-order valence-corrected chi connectivity index (χ3v) is 2.93. The van der Waals surface area contributed by atoms with E-state index in [2.05, 4.69) is 25.9 Å². The Morgan fingerprint density at radius 2 is 2.25 bits per heavy atom. The van der Waals surface area contributed by atoms with Crippen molar-refractivity contribution in [3.63, 3.8) is 0 Å². The van der Waals surface area contributed by atoms with Crippen molar-refractivity contribution in [2.24, 2.45) is 0 Å². The second-order valence-corrected chi connectivity index (χ2v) is 4.48. The lowest BCUT2D eigenvalue weighted by Gasteiger charge is -2.06. The normalized spacial score (nSPS) is 10.2. The summed E-state index contributed by atoms with van der Waals surface area (Å²) in [6.45, 7) is 1.01. The van der Waals surface area contributed by atoms with Gasteiger partial charge in [-0.2, -0.15) is 0 Å². The average molecular weight is 296 g/mol. The number of carboxylic acid groups (broad SMARTS) is 1. The van der Waals surface area contributed by atoms with Gasteiger partial charge in [0.05, 0.1) is 30.5 Å². The Morgan fingerprint density at radius 1 is 1.40 bits per heavy atom. The summed E-state index contributed by atoms with van der Waals surface area (Å²) in [5.41, 5.74) is 2.37. The number of rotatable bonds is 6. The molecule has 2 heterocycles. The number of hydrogen-bond donors (Lipinski definition) is 3. The Bertz CT molecular complexity index is 582. The lowest BCUT2D eigenvalue weighted by molar-refractivity contribution is 0.0690. The van der Waals surface area contributed by atoms with E-state index in [4.69, 9.17) is 5.11 Å². The maximum absolute atomic E-state index is 11.5. The summed E-state index contributed by atoms with van der Waals surface area (Å²) in [5, 5.41) is 22.9. The summed E-state index contributed by atoms with van der Waals surface area (Å²) in [7, 11) is 0. The van der Waals surface area contributed by atoms with Gasteiger partial charge in [0.15, 0.2) is 5.69 Å². The van der Waals surface area contributed by atoms with Crippen molar-refractivity contribution in [1.29, 1.82) is 0 Å².